The van der Waals surface area contributed by atoms with E-state index in [0.29, 0.717) is 5.92 Å². The lowest BCUT2D eigenvalue weighted by atomic mass is 9.82. The van der Waals surface area contributed by atoms with E-state index in [2.05, 4.69) is 12.1 Å². The second-order valence-corrected chi connectivity index (χ2v) is 8.06. The molecule has 0 bridgehead atoms. The van der Waals surface area contributed by atoms with Gasteiger partial charge >= 0.3 is 0 Å². The molecule has 2 N–H and O–H groups in total. The lowest BCUT2D eigenvalue weighted by Gasteiger charge is -2.32. The molecule has 0 spiro atoms. The summed E-state index contributed by atoms with van der Waals surface area (Å²) >= 11 is 0. The smallest absolute Gasteiger partial charge is 0.150 e. The summed E-state index contributed by atoms with van der Waals surface area (Å²) in [6, 6.07) is 10.2. The van der Waals surface area contributed by atoms with Crippen LogP contribution in [-0.2, 0) is 16.3 Å². The van der Waals surface area contributed by atoms with Crippen LogP contribution >= 0.6 is 0 Å². The molecule has 3 atom stereocenters. The first kappa shape index (κ1) is 14.5. The number of hydrogen-bond acceptors (Lipinski definition) is 3. The average molecular weight is 281 g/mol. The maximum atomic E-state index is 11.7. The third kappa shape index (κ3) is 4.05. The summed E-state index contributed by atoms with van der Waals surface area (Å²) in [5, 5.41) is -0.187. The first-order valence-corrected chi connectivity index (χ1v) is 8.90. The zero-order chi connectivity index (χ0) is 13.9. The summed E-state index contributed by atoms with van der Waals surface area (Å²) in [5.41, 5.74) is 7.52. The van der Waals surface area contributed by atoms with Gasteiger partial charge in [-0.15, -0.1) is 0 Å². The van der Waals surface area contributed by atoms with Gasteiger partial charge < -0.3 is 5.73 Å². The number of rotatable bonds is 4. The lowest BCUT2D eigenvalue weighted by Crippen LogP contribution is -2.38. The van der Waals surface area contributed by atoms with E-state index in [9.17, 15) is 8.42 Å². The Hall–Kier alpha value is -0.870. The van der Waals surface area contributed by atoms with E-state index >= 15 is 0 Å². The highest BCUT2D eigenvalue weighted by Crippen LogP contribution is 2.31. The van der Waals surface area contributed by atoms with Crippen LogP contribution in [0.1, 0.15) is 31.2 Å². The van der Waals surface area contributed by atoms with Crippen LogP contribution in [-0.4, -0.2) is 26.0 Å². The van der Waals surface area contributed by atoms with Gasteiger partial charge in [-0.3, -0.25) is 0 Å². The molecule has 1 aliphatic carbocycles. The van der Waals surface area contributed by atoms with Gasteiger partial charge in [-0.1, -0.05) is 36.8 Å². The van der Waals surface area contributed by atoms with Crippen LogP contribution in [0, 0.1) is 5.92 Å². The van der Waals surface area contributed by atoms with Crippen molar-refractivity contribution in [2.45, 2.75) is 43.4 Å². The second-order valence-electron chi connectivity index (χ2n) is 5.73. The van der Waals surface area contributed by atoms with Crippen molar-refractivity contribution in [3.8, 4) is 0 Å². The predicted molar refractivity (Wildman–Crippen MR) is 78.7 cm³/mol. The van der Waals surface area contributed by atoms with Gasteiger partial charge in [0.25, 0.3) is 0 Å². The van der Waals surface area contributed by atoms with E-state index in [4.69, 9.17) is 5.73 Å². The molecule has 3 nitrogen and oxygen atoms in total. The monoisotopic (exact) mass is 281 g/mol. The Balaban J connectivity index is 1.98. The van der Waals surface area contributed by atoms with Gasteiger partial charge in [0.1, 0.15) is 9.84 Å². The fourth-order valence-corrected chi connectivity index (χ4v) is 4.20. The Morgan fingerprint density at radius 2 is 1.95 bits per heavy atom. The molecule has 1 fully saturated rings. The van der Waals surface area contributed by atoms with Crippen LogP contribution in [0.2, 0.25) is 0 Å². The summed E-state index contributed by atoms with van der Waals surface area (Å²) in [7, 11) is -2.92. The molecule has 0 amide bonds. The van der Waals surface area contributed by atoms with Gasteiger partial charge in [0.15, 0.2) is 0 Å². The van der Waals surface area contributed by atoms with Crippen LogP contribution in [0.4, 0.5) is 0 Å². The normalized spacial score (nSPS) is 26.0. The van der Waals surface area contributed by atoms with Gasteiger partial charge in [-0.25, -0.2) is 8.42 Å². The zero-order valence-corrected chi connectivity index (χ0v) is 12.3. The van der Waals surface area contributed by atoms with E-state index in [1.807, 2.05) is 18.2 Å². The third-order valence-electron chi connectivity index (χ3n) is 4.19. The van der Waals surface area contributed by atoms with Crippen LogP contribution < -0.4 is 5.73 Å². The highest BCUT2D eigenvalue weighted by Gasteiger charge is 2.31. The number of hydrogen-bond donors (Lipinski definition) is 1. The number of benzene rings is 1. The SMILES string of the molecule is CS(=O)(=O)C1CCCC(C(N)Cc2ccccc2)C1. The highest BCUT2D eigenvalue weighted by molar-refractivity contribution is 7.91. The molecule has 1 aliphatic rings. The maximum Gasteiger partial charge on any atom is 0.150 e. The summed E-state index contributed by atoms with van der Waals surface area (Å²) in [6.45, 7) is 0. The first-order chi connectivity index (χ1) is 8.97. The van der Waals surface area contributed by atoms with Gasteiger partial charge in [-0.2, -0.15) is 0 Å². The van der Waals surface area contributed by atoms with Crippen molar-refractivity contribution in [2.75, 3.05) is 6.26 Å². The van der Waals surface area contributed by atoms with E-state index < -0.39 is 9.84 Å². The van der Waals surface area contributed by atoms with Crippen LogP contribution in [0.15, 0.2) is 30.3 Å². The Morgan fingerprint density at radius 3 is 2.58 bits per heavy atom. The topological polar surface area (TPSA) is 60.2 Å². The van der Waals surface area contributed by atoms with Gasteiger partial charge in [0, 0.05) is 12.3 Å². The predicted octanol–water partition coefficient (Wildman–Crippen LogP) is 2.16. The largest absolute Gasteiger partial charge is 0.327 e. The molecule has 1 aromatic carbocycles. The fourth-order valence-electron chi connectivity index (χ4n) is 3.01. The molecule has 19 heavy (non-hydrogen) atoms. The minimum atomic E-state index is -2.92. The minimum absolute atomic E-state index is 0.0620. The van der Waals surface area contributed by atoms with Gasteiger partial charge in [0.05, 0.1) is 5.25 Å². The molecule has 0 aromatic heterocycles. The van der Waals surface area contributed by atoms with Crippen LogP contribution in [0.5, 0.6) is 0 Å². The van der Waals surface area contributed by atoms with Crippen molar-refractivity contribution in [1.29, 1.82) is 0 Å². The van der Waals surface area contributed by atoms with E-state index in [0.717, 1.165) is 32.1 Å². The zero-order valence-electron chi connectivity index (χ0n) is 11.5. The van der Waals surface area contributed by atoms with Crippen molar-refractivity contribution in [3.63, 3.8) is 0 Å². The molecule has 0 heterocycles. The molecule has 0 saturated heterocycles. The molecular weight excluding hydrogens is 258 g/mol. The van der Waals surface area contributed by atoms with Crippen molar-refractivity contribution in [2.24, 2.45) is 11.7 Å². The molecule has 1 saturated carbocycles. The second kappa shape index (κ2) is 6.06. The summed E-state index contributed by atoms with van der Waals surface area (Å²) in [6.07, 6.45) is 5.75. The Morgan fingerprint density at radius 1 is 1.26 bits per heavy atom. The van der Waals surface area contributed by atoms with E-state index in [-0.39, 0.29) is 11.3 Å². The minimum Gasteiger partial charge on any atom is -0.327 e. The van der Waals surface area contributed by atoms with E-state index in [1.165, 1.54) is 11.8 Å². The number of sulfone groups is 1. The van der Waals surface area contributed by atoms with Crippen molar-refractivity contribution < 1.29 is 8.42 Å². The molecule has 0 aliphatic heterocycles. The third-order valence-corrected chi connectivity index (χ3v) is 5.83. The first-order valence-electron chi connectivity index (χ1n) is 6.95. The summed E-state index contributed by atoms with van der Waals surface area (Å²) < 4.78 is 23.3. The molecule has 1 aromatic rings. The molecule has 3 unspecified atom stereocenters. The maximum absolute atomic E-state index is 11.7. The quantitative estimate of drug-likeness (QED) is 0.920. The standard InChI is InChI=1S/C15H23NO2S/c1-19(17,18)14-9-5-8-13(11-14)15(16)10-12-6-3-2-4-7-12/h2-4,6-7,13-15H,5,8-11,16H2,1H3. The van der Waals surface area contributed by atoms with Crippen molar-refractivity contribution >= 4 is 9.84 Å². The van der Waals surface area contributed by atoms with E-state index in [1.54, 1.807) is 0 Å². The summed E-state index contributed by atoms with van der Waals surface area (Å²) in [4.78, 5) is 0. The van der Waals surface area contributed by atoms with Crippen LogP contribution in [0.25, 0.3) is 0 Å². The highest BCUT2D eigenvalue weighted by atomic mass is 32.2. The van der Waals surface area contributed by atoms with Crippen molar-refractivity contribution in [1.82, 2.24) is 0 Å². The van der Waals surface area contributed by atoms with Gasteiger partial charge in [-0.05, 0) is 37.2 Å². The molecular formula is C15H23NO2S. The molecule has 0 radical (unpaired) electrons. The van der Waals surface area contributed by atoms with Crippen LogP contribution in [0.3, 0.4) is 0 Å². The Kier molecular flexibility index (Phi) is 4.63. The fraction of sp³-hybridized carbons (Fsp3) is 0.600. The Bertz CT molecular complexity index is 498. The Labute approximate surface area is 116 Å². The summed E-state index contributed by atoms with van der Waals surface area (Å²) in [5.74, 6) is 0.327. The molecule has 4 heteroatoms. The average Bonchev–Trinajstić information content (AvgIpc) is 2.39. The lowest BCUT2D eigenvalue weighted by molar-refractivity contribution is 0.304. The van der Waals surface area contributed by atoms with Gasteiger partial charge in [0.2, 0.25) is 0 Å². The molecule has 106 valence electrons. The van der Waals surface area contributed by atoms with Crippen molar-refractivity contribution in [3.05, 3.63) is 35.9 Å². The molecule has 2 rings (SSSR count). The number of nitrogens with two attached hydrogens (primary N) is 1.